The van der Waals surface area contributed by atoms with Crippen molar-refractivity contribution in [3.63, 3.8) is 0 Å². The molecule has 4 nitrogen and oxygen atoms in total. The quantitative estimate of drug-likeness (QED) is 0.561. The average Bonchev–Trinajstić information content (AvgIpc) is 3.32. The SMILES string of the molecule is CC1=NC2=C(C(=O)CCC2)[C@@H](c2ccc(-c3ccccc3)cc2)C1C(=O)OC1CCCC1. The molecular weight excluding hydrogens is 398 g/mol. The van der Waals surface area contributed by atoms with Crippen LogP contribution >= 0.6 is 0 Å². The van der Waals surface area contributed by atoms with Crippen LogP contribution in [0.3, 0.4) is 0 Å². The molecule has 0 radical (unpaired) electrons. The topological polar surface area (TPSA) is 55.7 Å². The van der Waals surface area contributed by atoms with Crippen molar-refractivity contribution in [2.75, 3.05) is 0 Å². The lowest BCUT2D eigenvalue weighted by atomic mass is 9.71. The zero-order valence-electron chi connectivity index (χ0n) is 18.5. The van der Waals surface area contributed by atoms with E-state index >= 15 is 0 Å². The molecule has 2 aliphatic carbocycles. The molecule has 2 aromatic rings. The number of carbonyl (C=O) groups is 2. The van der Waals surface area contributed by atoms with Gasteiger partial charge in [0.25, 0.3) is 0 Å². The predicted octanol–water partition coefficient (Wildman–Crippen LogP) is 6.02. The molecule has 1 saturated carbocycles. The molecule has 0 saturated heterocycles. The zero-order chi connectivity index (χ0) is 22.1. The lowest BCUT2D eigenvalue weighted by Crippen LogP contribution is -2.38. The van der Waals surface area contributed by atoms with Gasteiger partial charge in [0.1, 0.15) is 12.0 Å². The van der Waals surface area contributed by atoms with Crippen molar-refractivity contribution in [1.29, 1.82) is 0 Å². The number of ketones is 1. The smallest absolute Gasteiger partial charge is 0.315 e. The van der Waals surface area contributed by atoms with E-state index in [2.05, 4.69) is 36.4 Å². The molecule has 32 heavy (non-hydrogen) atoms. The van der Waals surface area contributed by atoms with Crippen LogP contribution in [0.2, 0.25) is 0 Å². The van der Waals surface area contributed by atoms with Gasteiger partial charge in [0.15, 0.2) is 5.78 Å². The molecule has 1 heterocycles. The Morgan fingerprint density at radius 2 is 1.59 bits per heavy atom. The molecule has 4 heteroatoms. The summed E-state index contributed by atoms with van der Waals surface area (Å²) in [7, 11) is 0. The number of benzene rings is 2. The molecule has 0 N–H and O–H groups in total. The third-order valence-corrected chi connectivity index (χ3v) is 7.05. The number of esters is 1. The normalized spacial score (nSPS) is 23.7. The highest BCUT2D eigenvalue weighted by Crippen LogP contribution is 2.44. The Balaban J connectivity index is 1.53. The van der Waals surface area contributed by atoms with Crippen LogP contribution in [0.4, 0.5) is 0 Å². The second kappa shape index (κ2) is 8.85. The molecule has 1 unspecified atom stereocenters. The minimum Gasteiger partial charge on any atom is -0.462 e. The predicted molar refractivity (Wildman–Crippen MR) is 125 cm³/mol. The van der Waals surface area contributed by atoms with Crippen molar-refractivity contribution in [2.45, 2.75) is 63.9 Å². The van der Waals surface area contributed by atoms with Crippen molar-refractivity contribution in [2.24, 2.45) is 10.9 Å². The first kappa shape index (κ1) is 20.9. The van der Waals surface area contributed by atoms with Crippen LogP contribution in [0, 0.1) is 5.92 Å². The van der Waals surface area contributed by atoms with Crippen LogP contribution in [0.15, 0.2) is 70.9 Å². The number of Topliss-reactive ketones (excluding diaryl/α,β-unsaturated/α-hetero) is 1. The first-order valence-electron chi connectivity index (χ1n) is 11.8. The molecule has 0 aromatic heterocycles. The highest BCUT2D eigenvalue weighted by molar-refractivity contribution is 6.08. The molecule has 2 atom stereocenters. The number of carbonyl (C=O) groups excluding carboxylic acids is 2. The van der Waals surface area contributed by atoms with Gasteiger partial charge in [-0.15, -0.1) is 0 Å². The molecule has 1 aliphatic heterocycles. The maximum absolute atomic E-state index is 13.4. The number of hydrogen-bond acceptors (Lipinski definition) is 4. The van der Waals surface area contributed by atoms with Gasteiger partial charge in [-0.1, -0.05) is 54.6 Å². The molecule has 0 spiro atoms. The maximum Gasteiger partial charge on any atom is 0.315 e. The van der Waals surface area contributed by atoms with E-state index in [4.69, 9.17) is 9.73 Å². The minimum absolute atomic E-state index is 0.00570. The van der Waals surface area contributed by atoms with E-state index in [9.17, 15) is 9.59 Å². The van der Waals surface area contributed by atoms with Crippen molar-refractivity contribution >= 4 is 17.5 Å². The van der Waals surface area contributed by atoms with E-state index in [0.717, 1.165) is 72.2 Å². The van der Waals surface area contributed by atoms with E-state index in [1.165, 1.54) is 0 Å². The fraction of sp³-hybridized carbons (Fsp3) is 0.393. The second-order valence-corrected chi connectivity index (χ2v) is 9.18. The lowest BCUT2D eigenvalue weighted by Gasteiger charge is -2.35. The van der Waals surface area contributed by atoms with E-state index in [-0.39, 0.29) is 23.8 Å². The Labute approximate surface area is 189 Å². The minimum atomic E-state index is -0.543. The van der Waals surface area contributed by atoms with Crippen LogP contribution in [0.5, 0.6) is 0 Å². The van der Waals surface area contributed by atoms with E-state index in [1.807, 2.05) is 25.1 Å². The molecule has 5 rings (SSSR count). The summed E-state index contributed by atoms with van der Waals surface area (Å²) in [6.45, 7) is 1.91. The summed E-state index contributed by atoms with van der Waals surface area (Å²) in [5.74, 6) is -0.980. The molecule has 2 aromatic carbocycles. The average molecular weight is 428 g/mol. The van der Waals surface area contributed by atoms with Gasteiger partial charge >= 0.3 is 5.97 Å². The molecule has 1 fully saturated rings. The zero-order valence-corrected chi connectivity index (χ0v) is 18.5. The molecule has 0 amide bonds. The van der Waals surface area contributed by atoms with E-state index < -0.39 is 5.92 Å². The largest absolute Gasteiger partial charge is 0.462 e. The van der Waals surface area contributed by atoms with Gasteiger partial charge in [-0.05, 0) is 62.1 Å². The Bertz CT molecular complexity index is 1080. The Kier molecular flexibility index (Phi) is 5.77. The number of nitrogens with zero attached hydrogens (tertiary/aromatic N) is 1. The Morgan fingerprint density at radius 3 is 2.31 bits per heavy atom. The fourth-order valence-electron chi connectivity index (χ4n) is 5.43. The maximum atomic E-state index is 13.4. The number of aliphatic imine (C=N–C) groups is 1. The first-order chi connectivity index (χ1) is 15.6. The summed E-state index contributed by atoms with van der Waals surface area (Å²) in [5.41, 5.74) is 5.59. The summed E-state index contributed by atoms with van der Waals surface area (Å²) in [6, 6.07) is 18.5. The number of hydrogen-bond donors (Lipinski definition) is 0. The van der Waals surface area contributed by atoms with Crippen LogP contribution in [-0.4, -0.2) is 23.6 Å². The first-order valence-corrected chi connectivity index (χ1v) is 11.8. The van der Waals surface area contributed by atoms with Gasteiger partial charge in [0.2, 0.25) is 0 Å². The number of rotatable bonds is 4. The number of allylic oxidation sites excluding steroid dienone is 2. The van der Waals surface area contributed by atoms with Gasteiger partial charge in [-0.2, -0.15) is 0 Å². The fourth-order valence-corrected chi connectivity index (χ4v) is 5.43. The third kappa shape index (κ3) is 3.94. The molecular formula is C28H29NO3. The second-order valence-electron chi connectivity index (χ2n) is 9.18. The Hall–Kier alpha value is -3.01. The van der Waals surface area contributed by atoms with Gasteiger partial charge < -0.3 is 4.74 Å². The monoisotopic (exact) mass is 427 g/mol. The van der Waals surface area contributed by atoms with Crippen LogP contribution in [0.25, 0.3) is 11.1 Å². The highest BCUT2D eigenvalue weighted by Gasteiger charge is 2.43. The van der Waals surface area contributed by atoms with Crippen LogP contribution < -0.4 is 0 Å². The van der Waals surface area contributed by atoms with Crippen molar-refractivity contribution in [3.8, 4) is 11.1 Å². The highest BCUT2D eigenvalue weighted by atomic mass is 16.5. The van der Waals surface area contributed by atoms with Crippen LogP contribution in [0.1, 0.15) is 63.4 Å². The summed E-state index contributed by atoms with van der Waals surface area (Å²) in [4.78, 5) is 31.2. The van der Waals surface area contributed by atoms with Crippen molar-refractivity contribution < 1.29 is 14.3 Å². The lowest BCUT2D eigenvalue weighted by molar-refractivity contribution is -0.151. The molecule has 0 bridgehead atoms. The molecule has 3 aliphatic rings. The van der Waals surface area contributed by atoms with Gasteiger partial charge in [0, 0.05) is 29.3 Å². The van der Waals surface area contributed by atoms with Crippen molar-refractivity contribution in [3.05, 3.63) is 71.4 Å². The van der Waals surface area contributed by atoms with Gasteiger partial charge in [-0.3, -0.25) is 14.6 Å². The van der Waals surface area contributed by atoms with Crippen LogP contribution in [-0.2, 0) is 14.3 Å². The summed E-state index contributed by atoms with van der Waals surface area (Å²) >= 11 is 0. The summed E-state index contributed by atoms with van der Waals surface area (Å²) in [6.07, 6.45) is 6.20. The van der Waals surface area contributed by atoms with E-state index in [1.54, 1.807) is 0 Å². The molecule has 164 valence electrons. The van der Waals surface area contributed by atoms with Crippen molar-refractivity contribution in [1.82, 2.24) is 0 Å². The standard InChI is InChI=1S/C28H29NO3/c1-18-25(28(31)32-22-10-5-6-11-22)26(27-23(29-18)12-7-13-24(27)30)21-16-14-20(15-17-21)19-8-3-2-4-9-19/h2-4,8-9,14-17,22,25-26H,5-7,10-13H2,1H3/t25?,26-/m0/s1. The third-order valence-electron chi connectivity index (χ3n) is 7.05. The van der Waals surface area contributed by atoms with Gasteiger partial charge in [0.05, 0.1) is 0 Å². The van der Waals surface area contributed by atoms with Gasteiger partial charge in [-0.25, -0.2) is 0 Å². The van der Waals surface area contributed by atoms with E-state index in [0.29, 0.717) is 6.42 Å². The summed E-state index contributed by atoms with van der Waals surface area (Å²) < 4.78 is 5.93. The Morgan fingerprint density at radius 1 is 0.906 bits per heavy atom. The summed E-state index contributed by atoms with van der Waals surface area (Å²) in [5, 5.41) is 0. The number of ether oxygens (including phenoxy) is 1.